The molecular weight excluding hydrogens is 733 g/mol. The van der Waals surface area contributed by atoms with Gasteiger partial charge >= 0.3 is 12.3 Å². The fourth-order valence-corrected chi connectivity index (χ4v) is 7.25. The summed E-state index contributed by atoms with van der Waals surface area (Å²) in [5, 5.41) is 6.35. The Hall–Kier alpha value is -5.52. The van der Waals surface area contributed by atoms with Crippen molar-refractivity contribution in [3.63, 3.8) is 0 Å². The first-order valence-corrected chi connectivity index (χ1v) is 17.5. The summed E-state index contributed by atoms with van der Waals surface area (Å²) in [6.07, 6.45) is -0.204. The van der Waals surface area contributed by atoms with Gasteiger partial charge in [0.2, 0.25) is 11.9 Å². The topological polar surface area (TPSA) is 161 Å². The van der Waals surface area contributed by atoms with Gasteiger partial charge in [-0.1, -0.05) is 11.6 Å². The van der Waals surface area contributed by atoms with Crippen molar-refractivity contribution in [3.05, 3.63) is 71.2 Å². The number of hydrogen-bond acceptors (Lipinski definition) is 9. The van der Waals surface area contributed by atoms with Gasteiger partial charge in [0.15, 0.2) is 11.5 Å². The van der Waals surface area contributed by atoms with Gasteiger partial charge in [-0.25, -0.2) is 24.4 Å². The number of halogens is 4. The Bertz CT molecular complexity index is 2110. The molecule has 1 aliphatic carbocycles. The molecule has 15 nitrogen and oxygen atoms in total. The van der Waals surface area contributed by atoms with E-state index in [1.165, 1.54) is 48.3 Å². The van der Waals surface area contributed by atoms with E-state index in [-0.39, 0.29) is 75.0 Å². The predicted octanol–water partition coefficient (Wildman–Crippen LogP) is 4.38. The number of aromatic nitrogens is 6. The first-order valence-electron chi connectivity index (χ1n) is 17.1. The zero-order valence-electron chi connectivity index (χ0n) is 29.7. The molecule has 3 fully saturated rings. The van der Waals surface area contributed by atoms with Crippen LogP contribution in [-0.2, 0) is 22.8 Å². The molecule has 1 saturated carbocycles. The van der Waals surface area contributed by atoms with Crippen LogP contribution in [0.25, 0.3) is 17.2 Å². The van der Waals surface area contributed by atoms with Crippen LogP contribution in [0, 0.1) is 17.8 Å². The molecule has 4 aromatic rings. The number of imidazole rings is 1. The minimum absolute atomic E-state index is 0.0275. The highest BCUT2D eigenvalue weighted by Crippen LogP contribution is 2.53. The lowest BCUT2D eigenvalue weighted by molar-refractivity contribution is -0.141. The first kappa shape index (κ1) is 36.8. The molecule has 1 unspecified atom stereocenters. The fraction of sp³-hybridized carbons (Fsp3) is 0.429. The number of piperidine rings is 1. The normalized spacial score (nSPS) is 19.8. The molecule has 284 valence electrons. The number of benzene rings is 1. The number of likely N-dealkylation sites (tertiary alicyclic amines) is 1. The molecule has 4 amide bonds. The summed E-state index contributed by atoms with van der Waals surface area (Å²) in [6.45, 7) is 7.76. The SMILES string of the molecule is Cn1c(-c2cn(-c3ncccn3)nc2C(F)(F)F)cnc1C(=O)Nc1ccc(C(=O)N2CCN(C(=O)C3[C@H]4CN(C(=O)OC(C)(C)C)C[C@@H]34)CC2)c(Cl)c1. The lowest BCUT2D eigenvalue weighted by Gasteiger charge is -2.35. The smallest absolute Gasteiger partial charge is 0.435 e. The quantitative estimate of drug-likeness (QED) is 0.300. The molecule has 0 spiro atoms. The molecule has 0 bridgehead atoms. The summed E-state index contributed by atoms with van der Waals surface area (Å²) >= 11 is 6.51. The van der Waals surface area contributed by atoms with Crippen LogP contribution in [0.2, 0.25) is 5.02 Å². The minimum atomic E-state index is -4.83. The van der Waals surface area contributed by atoms with E-state index < -0.39 is 23.4 Å². The Kier molecular flexibility index (Phi) is 9.35. The monoisotopic (exact) mass is 768 g/mol. The summed E-state index contributed by atoms with van der Waals surface area (Å²) in [4.78, 5) is 69.3. The van der Waals surface area contributed by atoms with Crippen LogP contribution in [0.15, 0.2) is 49.1 Å². The Morgan fingerprint density at radius 3 is 2.19 bits per heavy atom. The van der Waals surface area contributed by atoms with Crippen LogP contribution < -0.4 is 5.32 Å². The lowest BCUT2D eigenvalue weighted by atomic mass is 10.1. The van der Waals surface area contributed by atoms with Crippen LogP contribution in [0.3, 0.4) is 0 Å². The molecule has 3 atom stereocenters. The van der Waals surface area contributed by atoms with Crippen LogP contribution in [0.4, 0.5) is 23.7 Å². The summed E-state index contributed by atoms with van der Waals surface area (Å²) in [5.41, 5.74) is -1.72. The number of piperazine rings is 1. The van der Waals surface area contributed by atoms with Crippen LogP contribution in [0.1, 0.15) is 47.4 Å². The van der Waals surface area contributed by atoms with E-state index in [9.17, 15) is 32.3 Å². The maximum atomic E-state index is 14.0. The van der Waals surface area contributed by atoms with Crippen molar-refractivity contribution in [2.75, 3.05) is 44.6 Å². The minimum Gasteiger partial charge on any atom is -0.444 e. The highest BCUT2D eigenvalue weighted by Gasteiger charge is 2.61. The van der Waals surface area contributed by atoms with Crippen LogP contribution in [-0.4, -0.2) is 113 Å². The number of anilines is 1. The van der Waals surface area contributed by atoms with E-state index in [0.29, 0.717) is 39.3 Å². The van der Waals surface area contributed by atoms with E-state index in [4.69, 9.17) is 16.3 Å². The molecule has 1 N–H and O–H groups in total. The summed E-state index contributed by atoms with van der Waals surface area (Å²) < 4.78 is 49.5. The molecule has 3 aromatic heterocycles. The van der Waals surface area contributed by atoms with Gasteiger partial charge in [-0.2, -0.15) is 18.3 Å². The van der Waals surface area contributed by atoms with E-state index >= 15 is 0 Å². The zero-order valence-corrected chi connectivity index (χ0v) is 30.4. The molecular formula is C35H36ClF3N10O5. The van der Waals surface area contributed by atoms with Crippen molar-refractivity contribution in [1.82, 2.24) is 44.0 Å². The average molecular weight is 769 g/mol. The second-order valence-electron chi connectivity index (χ2n) is 14.4. The number of alkyl halides is 3. The van der Waals surface area contributed by atoms with Gasteiger partial charge in [0.25, 0.3) is 11.8 Å². The highest BCUT2D eigenvalue weighted by atomic mass is 35.5. The predicted molar refractivity (Wildman–Crippen MR) is 187 cm³/mol. The van der Waals surface area contributed by atoms with Crippen molar-refractivity contribution < 1.29 is 37.1 Å². The third kappa shape index (κ3) is 7.21. The number of amides is 4. The Morgan fingerprint density at radius 1 is 0.926 bits per heavy atom. The van der Waals surface area contributed by atoms with E-state index in [1.54, 1.807) is 14.7 Å². The maximum absolute atomic E-state index is 14.0. The number of nitrogens with one attached hydrogen (secondary N) is 1. The average Bonchev–Trinajstić information content (AvgIpc) is 3.49. The lowest BCUT2D eigenvalue weighted by Crippen LogP contribution is -2.51. The van der Waals surface area contributed by atoms with E-state index in [0.717, 1.165) is 17.1 Å². The molecule has 0 radical (unpaired) electrons. The van der Waals surface area contributed by atoms with Gasteiger partial charge in [0.1, 0.15) is 5.60 Å². The zero-order chi connectivity index (χ0) is 38.7. The number of hydrogen-bond donors (Lipinski definition) is 1. The number of fused-ring (bicyclic) bond motifs is 1. The summed E-state index contributed by atoms with van der Waals surface area (Å²) in [5.74, 6) is -1.20. The first-order chi connectivity index (χ1) is 25.5. The third-order valence-electron chi connectivity index (χ3n) is 9.67. The molecule has 2 aliphatic heterocycles. The van der Waals surface area contributed by atoms with Gasteiger partial charge in [-0.15, -0.1) is 0 Å². The fourth-order valence-electron chi connectivity index (χ4n) is 6.99. The molecule has 7 rings (SSSR count). The van der Waals surface area contributed by atoms with Crippen molar-refractivity contribution in [2.24, 2.45) is 24.8 Å². The van der Waals surface area contributed by atoms with Gasteiger partial charge in [0.05, 0.1) is 28.0 Å². The molecule has 54 heavy (non-hydrogen) atoms. The van der Waals surface area contributed by atoms with Crippen LogP contribution in [0.5, 0.6) is 0 Å². The number of carbonyl (C=O) groups excluding carboxylic acids is 4. The summed E-state index contributed by atoms with van der Waals surface area (Å²) in [7, 11) is 1.40. The number of ether oxygens (including phenoxy) is 1. The van der Waals surface area contributed by atoms with E-state index in [1.807, 2.05) is 20.8 Å². The van der Waals surface area contributed by atoms with Gasteiger partial charge in [-0.05, 0) is 56.9 Å². The van der Waals surface area contributed by atoms with Gasteiger partial charge in [-0.3, -0.25) is 14.4 Å². The number of rotatable bonds is 6. The molecule has 19 heteroatoms. The second-order valence-corrected chi connectivity index (χ2v) is 14.8. The van der Waals surface area contributed by atoms with Crippen molar-refractivity contribution in [1.29, 1.82) is 0 Å². The Morgan fingerprint density at radius 2 is 1.57 bits per heavy atom. The standard InChI is InChI=1S/C35H36ClF3N10O5/c1-34(2,3)54-33(53)48-16-21-22(17-48)26(21)31(52)47-12-10-46(11-13-47)30(51)20-7-6-19(14-24(20)36)43-29(50)28-42-15-25(45(28)4)23-18-49(32-40-8-5-9-41-32)44-27(23)35(37,38)39/h5-9,14-15,18,21-22,26H,10-13,16-17H2,1-4H3,(H,43,50)/t21-,22+,26?. The third-order valence-corrected chi connectivity index (χ3v) is 9.99. The van der Waals surface area contributed by atoms with Gasteiger partial charge in [0, 0.05) is 76.5 Å². The molecule has 2 saturated heterocycles. The Labute approximate surface area is 312 Å². The highest BCUT2D eigenvalue weighted by molar-refractivity contribution is 6.34. The summed E-state index contributed by atoms with van der Waals surface area (Å²) in [6, 6.07) is 5.87. The molecule has 3 aliphatic rings. The largest absolute Gasteiger partial charge is 0.444 e. The van der Waals surface area contributed by atoms with Crippen molar-refractivity contribution in [3.8, 4) is 17.2 Å². The van der Waals surface area contributed by atoms with Crippen LogP contribution >= 0.6 is 11.6 Å². The van der Waals surface area contributed by atoms with Gasteiger partial charge < -0.3 is 29.3 Å². The van der Waals surface area contributed by atoms with E-state index in [2.05, 4.69) is 25.4 Å². The van der Waals surface area contributed by atoms with Crippen molar-refractivity contribution in [2.45, 2.75) is 32.5 Å². The second kappa shape index (κ2) is 13.7. The molecule has 1 aromatic carbocycles. The Balaban J connectivity index is 0.951. The number of nitrogens with zero attached hydrogens (tertiary/aromatic N) is 9. The number of carbonyl (C=O) groups is 4. The molecule has 5 heterocycles. The maximum Gasteiger partial charge on any atom is 0.435 e. The van der Waals surface area contributed by atoms with Crippen molar-refractivity contribution >= 4 is 41.1 Å².